The predicted molar refractivity (Wildman–Crippen MR) is 116 cm³/mol. The van der Waals surface area contributed by atoms with E-state index in [1.807, 2.05) is 42.5 Å². The van der Waals surface area contributed by atoms with Crippen LogP contribution in [0.3, 0.4) is 0 Å². The maximum atomic E-state index is 6.20. The molecular formula is C22H22Cl3NO. The summed E-state index contributed by atoms with van der Waals surface area (Å²) in [5, 5.41) is 4.83. The lowest BCUT2D eigenvalue weighted by Gasteiger charge is -2.10. The summed E-state index contributed by atoms with van der Waals surface area (Å²) >= 11 is 12.1. The molecule has 0 unspecified atom stereocenters. The molecule has 0 bridgehead atoms. The third-order valence-electron chi connectivity index (χ3n) is 4.06. The van der Waals surface area contributed by atoms with Gasteiger partial charge in [-0.25, -0.2) is 0 Å². The monoisotopic (exact) mass is 421 g/mol. The number of rotatable bonds is 8. The first kappa shape index (κ1) is 21.6. The summed E-state index contributed by atoms with van der Waals surface area (Å²) in [5.41, 5.74) is 3.46. The molecule has 0 spiro atoms. The first-order valence-electron chi connectivity index (χ1n) is 8.61. The van der Waals surface area contributed by atoms with Crippen LogP contribution in [0.15, 0.2) is 72.8 Å². The summed E-state index contributed by atoms with van der Waals surface area (Å²) in [7, 11) is 0. The van der Waals surface area contributed by atoms with E-state index < -0.39 is 0 Å². The van der Waals surface area contributed by atoms with E-state index >= 15 is 0 Å². The maximum absolute atomic E-state index is 6.20. The molecule has 1 N–H and O–H groups in total. The van der Waals surface area contributed by atoms with Gasteiger partial charge >= 0.3 is 0 Å². The molecule has 5 heteroatoms. The van der Waals surface area contributed by atoms with Gasteiger partial charge in [-0.3, -0.25) is 0 Å². The average Bonchev–Trinajstić information content (AvgIpc) is 2.66. The van der Waals surface area contributed by atoms with Crippen molar-refractivity contribution in [1.82, 2.24) is 5.32 Å². The Morgan fingerprint density at radius 2 is 1.59 bits per heavy atom. The number of halogens is 3. The fraction of sp³-hybridized carbons (Fsp3) is 0.182. The van der Waals surface area contributed by atoms with Gasteiger partial charge in [0.25, 0.3) is 0 Å². The van der Waals surface area contributed by atoms with Crippen molar-refractivity contribution in [2.45, 2.75) is 19.6 Å². The second-order valence-corrected chi connectivity index (χ2v) is 6.93. The molecule has 27 heavy (non-hydrogen) atoms. The van der Waals surface area contributed by atoms with Gasteiger partial charge in [0, 0.05) is 16.6 Å². The Morgan fingerprint density at radius 1 is 0.815 bits per heavy atom. The van der Waals surface area contributed by atoms with E-state index in [1.54, 1.807) is 6.07 Å². The van der Waals surface area contributed by atoms with E-state index in [0.717, 1.165) is 41.4 Å². The third-order valence-corrected chi connectivity index (χ3v) is 4.65. The van der Waals surface area contributed by atoms with Crippen LogP contribution in [0.2, 0.25) is 10.0 Å². The molecule has 0 aliphatic rings. The zero-order valence-corrected chi connectivity index (χ0v) is 17.2. The molecule has 0 saturated carbocycles. The molecule has 0 aliphatic heterocycles. The quantitative estimate of drug-likeness (QED) is 0.428. The SMILES string of the molecule is Cl.Clc1ccc(CCNCc2cccc(OCc3ccccc3)c2)c(Cl)c1. The Morgan fingerprint density at radius 3 is 2.37 bits per heavy atom. The summed E-state index contributed by atoms with van der Waals surface area (Å²) in [6, 6.07) is 24.0. The topological polar surface area (TPSA) is 21.3 Å². The van der Waals surface area contributed by atoms with Crippen LogP contribution in [-0.2, 0) is 19.6 Å². The highest BCUT2D eigenvalue weighted by molar-refractivity contribution is 6.35. The third kappa shape index (κ3) is 7.08. The molecular weight excluding hydrogens is 401 g/mol. The average molecular weight is 423 g/mol. The van der Waals surface area contributed by atoms with Crippen molar-refractivity contribution < 1.29 is 4.74 Å². The number of hydrogen-bond acceptors (Lipinski definition) is 2. The second kappa shape index (κ2) is 11.2. The molecule has 3 rings (SSSR count). The van der Waals surface area contributed by atoms with E-state index in [-0.39, 0.29) is 12.4 Å². The lowest BCUT2D eigenvalue weighted by atomic mass is 10.1. The Kier molecular flexibility index (Phi) is 8.96. The van der Waals surface area contributed by atoms with Gasteiger partial charge < -0.3 is 10.1 Å². The van der Waals surface area contributed by atoms with Crippen molar-refractivity contribution in [2.75, 3.05) is 6.54 Å². The van der Waals surface area contributed by atoms with Crippen molar-refractivity contribution in [3.05, 3.63) is 99.5 Å². The van der Waals surface area contributed by atoms with E-state index in [0.29, 0.717) is 11.6 Å². The fourth-order valence-electron chi connectivity index (χ4n) is 2.67. The van der Waals surface area contributed by atoms with Crippen molar-refractivity contribution in [2.24, 2.45) is 0 Å². The van der Waals surface area contributed by atoms with Crippen LogP contribution < -0.4 is 10.1 Å². The van der Waals surface area contributed by atoms with E-state index in [1.165, 1.54) is 5.56 Å². The van der Waals surface area contributed by atoms with Crippen LogP contribution >= 0.6 is 35.6 Å². The van der Waals surface area contributed by atoms with Gasteiger partial charge in [-0.15, -0.1) is 12.4 Å². The molecule has 0 aliphatic carbocycles. The summed E-state index contributed by atoms with van der Waals surface area (Å²) in [4.78, 5) is 0. The highest BCUT2D eigenvalue weighted by atomic mass is 35.5. The van der Waals surface area contributed by atoms with Crippen molar-refractivity contribution in [1.29, 1.82) is 0 Å². The Labute approximate surface area is 176 Å². The molecule has 2 nitrogen and oxygen atoms in total. The Bertz CT molecular complexity index is 840. The highest BCUT2D eigenvalue weighted by Gasteiger charge is 2.02. The molecule has 3 aromatic carbocycles. The molecule has 0 aromatic heterocycles. The molecule has 0 fully saturated rings. The van der Waals surface area contributed by atoms with Crippen LogP contribution in [0.4, 0.5) is 0 Å². The molecule has 142 valence electrons. The van der Waals surface area contributed by atoms with Gasteiger partial charge in [-0.2, -0.15) is 0 Å². The van der Waals surface area contributed by atoms with Crippen molar-refractivity contribution in [3.63, 3.8) is 0 Å². The van der Waals surface area contributed by atoms with Gasteiger partial charge in [0.05, 0.1) is 0 Å². The summed E-state index contributed by atoms with van der Waals surface area (Å²) < 4.78 is 5.88. The van der Waals surface area contributed by atoms with Crippen LogP contribution in [0, 0.1) is 0 Å². The molecule has 0 radical (unpaired) electrons. The number of ether oxygens (including phenoxy) is 1. The summed E-state index contributed by atoms with van der Waals surface area (Å²) in [5.74, 6) is 0.883. The molecule has 0 atom stereocenters. The lowest BCUT2D eigenvalue weighted by molar-refractivity contribution is 0.306. The zero-order valence-electron chi connectivity index (χ0n) is 14.8. The second-order valence-electron chi connectivity index (χ2n) is 6.08. The van der Waals surface area contributed by atoms with Crippen LogP contribution in [-0.4, -0.2) is 6.54 Å². The Hall–Kier alpha value is -1.71. The van der Waals surface area contributed by atoms with Gasteiger partial charge in [0.2, 0.25) is 0 Å². The molecule has 0 amide bonds. The standard InChI is InChI=1S/C22H21Cl2NO.ClH/c23-20-10-9-19(22(24)14-20)11-12-25-15-18-7-4-8-21(13-18)26-16-17-5-2-1-3-6-17;/h1-10,13-14,25H,11-12,15-16H2;1H. The minimum atomic E-state index is 0. The van der Waals surface area contributed by atoms with Gasteiger partial charge in [0.1, 0.15) is 12.4 Å². The smallest absolute Gasteiger partial charge is 0.120 e. The fourth-order valence-corrected chi connectivity index (χ4v) is 3.17. The van der Waals surface area contributed by atoms with E-state index in [9.17, 15) is 0 Å². The molecule has 3 aromatic rings. The van der Waals surface area contributed by atoms with Crippen molar-refractivity contribution in [3.8, 4) is 5.75 Å². The van der Waals surface area contributed by atoms with Crippen molar-refractivity contribution >= 4 is 35.6 Å². The predicted octanol–water partition coefficient (Wildman–Crippen LogP) is 6.33. The number of hydrogen-bond donors (Lipinski definition) is 1. The minimum Gasteiger partial charge on any atom is -0.489 e. The van der Waals surface area contributed by atoms with Gasteiger partial charge in [-0.1, -0.05) is 71.7 Å². The van der Waals surface area contributed by atoms with Gasteiger partial charge in [-0.05, 0) is 53.9 Å². The van der Waals surface area contributed by atoms with E-state index in [2.05, 4.69) is 29.6 Å². The summed E-state index contributed by atoms with van der Waals surface area (Å²) in [6.45, 7) is 2.21. The molecule has 0 heterocycles. The highest BCUT2D eigenvalue weighted by Crippen LogP contribution is 2.21. The largest absolute Gasteiger partial charge is 0.489 e. The normalized spacial score (nSPS) is 10.3. The maximum Gasteiger partial charge on any atom is 0.120 e. The lowest BCUT2D eigenvalue weighted by Crippen LogP contribution is -2.16. The number of nitrogens with one attached hydrogen (secondary N) is 1. The van der Waals surface area contributed by atoms with Crippen LogP contribution in [0.1, 0.15) is 16.7 Å². The van der Waals surface area contributed by atoms with Gasteiger partial charge in [0.15, 0.2) is 0 Å². The first-order valence-corrected chi connectivity index (χ1v) is 9.36. The Balaban J connectivity index is 0.00000261. The minimum absolute atomic E-state index is 0. The molecule has 0 saturated heterocycles. The zero-order chi connectivity index (χ0) is 18.2. The van der Waals surface area contributed by atoms with Crippen LogP contribution in [0.25, 0.3) is 0 Å². The number of benzene rings is 3. The van der Waals surface area contributed by atoms with Crippen LogP contribution in [0.5, 0.6) is 5.75 Å². The first-order chi connectivity index (χ1) is 12.7. The summed E-state index contributed by atoms with van der Waals surface area (Å²) in [6.07, 6.45) is 0.861. The van der Waals surface area contributed by atoms with E-state index in [4.69, 9.17) is 27.9 Å².